The highest BCUT2D eigenvalue weighted by Crippen LogP contribution is 2.33. The third kappa shape index (κ3) is 3.76. The van der Waals surface area contributed by atoms with Crippen molar-refractivity contribution in [1.29, 1.82) is 0 Å². The number of aromatic hydroxyl groups is 1. The van der Waals surface area contributed by atoms with Crippen molar-refractivity contribution >= 4 is 32.4 Å². The number of rotatable bonds is 3. The molecule has 0 amide bonds. The summed E-state index contributed by atoms with van der Waals surface area (Å²) in [6.07, 6.45) is 2.98. The van der Waals surface area contributed by atoms with Gasteiger partial charge in [0.2, 0.25) is 0 Å². The van der Waals surface area contributed by atoms with Gasteiger partial charge in [-0.25, -0.2) is 4.68 Å². The van der Waals surface area contributed by atoms with E-state index in [0.29, 0.717) is 28.4 Å². The van der Waals surface area contributed by atoms with Gasteiger partial charge in [0.25, 0.3) is 15.6 Å². The normalized spacial score (nSPS) is 23.9. The number of aromatic nitrogens is 1. The van der Waals surface area contributed by atoms with Crippen LogP contribution in [0.4, 0.5) is 5.69 Å². The molecule has 2 unspecified atom stereocenters. The Balaban J connectivity index is 1.68. The highest BCUT2D eigenvalue weighted by atomic mass is 32.2. The van der Waals surface area contributed by atoms with Crippen LogP contribution in [0.15, 0.2) is 62.6 Å². The second-order valence-corrected chi connectivity index (χ2v) is 10.7. The zero-order valence-electron chi connectivity index (χ0n) is 18.4. The van der Waals surface area contributed by atoms with Gasteiger partial charge in [-0.2, -0.15) is 8.42 Å². The summed E-state index contributed by atoms with van der Waals surface area (Å²) in [6, 6.07) is 13.4. The minimum Gasteiger partial charge on any atom is -0.506 e. The number of benzene rings is 2. The molecule has 172 valence electrons. The first-order valence-corrected chi connectivity index (χ1v) is 12.5. The van der Waals surface area contributed by atoms with Crippen LogP contribution in [0, 0.1) is 11.8 Å². The average molecular weight is 467 g/mol. The van der Waals surface area contributed by atoms with E-state index < -0.39 is 15.6 Å². The number of anilines is 1. The fourth-order valence-corrected chi connectivity index (χ4v) is 6.25. The largest absolute Gasteiger partial charge is 0.506 e. The van der Waals surface area contributed by atoms with Gasteiger partial charge in [-0.1, -0.05) is 38.1 Å². The Hall–Kier alpha value is -3.33. The molecule has 2 aliphatic rings. The second kappa shape index (κ2) is 7.91. The Morgan fingerprint density at radius 1 is 1.03 bits per heavy atom. The summed E-state index contributed by atoms with van der Waals surface area (Å²) in [5.74, 6) is 0.550. The van der Waals surface area contributed by atoms with Crippen molar-refractivity contribution in [2.24, 2.45) is 16.2 Å². The Morgan fingerprint density at radius 3 is 2.45 bits per heavy atom. The summed E-state index contributed by atoms with van der Waals surface area (Å²) in [4.78, 5) is 13.7. The molecule has 0 spiro atoms. The van der Waals surface area contributed by atoms with Crippen LogP contribution in [0.2, 0.25) is 0 Å². The first-order valence-electron chi connectivity index (χ1n) is 11.1. The Kier molecular flexibility index (Phi) is 5.16. The molecule has 1 saturated carbocycles. The number of amidine groups is 1. The van der Waals surface area contributed by atoms with E-state index in [2.05, 4.69) is 29.0 Å². The predicted octanol–water partition coefficient (Wildman–Crippen LogP) is 3.64. The number of nitrogens with zero attached hydrogens (tertiary/aromatic N) is 2. The molecule has 8 nitrogen and oxygen atoms in total. The van der Waals surface area contributed by atoms with Gasteiger partial charge < -0.3 is 15.8 Å². The number of hydrogen-bond acceptors (Lipinski definition) is 6. The van der Waals surface area contributed by atoms with E-state index in [4.69, 9.17) is 0 Å². The van der Waals surface area contributed by atoms with Crippen LogP contribution in [0.3, 0.4) is 0 Å². The molecule has 1 aliphatic carbocycles. The monoisotopic (exact) mass is 466 g/mol. The van der Waals surface area contributed by atoms with E-state index in [-0.39, 0.29) is 28.1 Å². The molecule has 2 atom stereocenters. The molecule has 3 N–H and O–H groups in total. The molecule has 1 aromatic heterocycles. The molecule has 33 heavy (non-hydrogen) atoms. The van der Waals surface area contributed by atoms with Crippen LogP contribution in [-0.2, 0) is 10.0 Å². The van der Waals surface area contributed by atoms with Crippen molar-refractivity contribution in [2.45, 2.75) is 44.0 Å². The van der Waals surface area contributed by atoms with E-state index in [9.17, 15) is 18.3 Å². The van der Waals surface area contributed by atoms with E-state index in [1.807, 2.05) is 0 Å². The fraction of sp³-hybridized carbons (Fsp3) is 0.333. The zero-order valence-corrected chi connectivity index (χ0v) is 19.3. The maximum atomic E-state index is 13.7. The lowest BCUT2D eigenvalue weighted by atomic mass is 9.81. The van der Waals surface area contributed by atoms with E-state index in [1.165, 1.54) is 10.7 Å². The van der Waals surface area contributed by atoms with Crippen LogP contribution < -0.4 is 16.3 Å². The lowest BCUT2D eigenvalue weighted by Crippen LogP contribution is -2.42. The van der Waals surface area contributed by atoms with Gasteiger partial charge in [0.15, 0.2) is 5.84 Å². The van der Waals surface area contributed by atoms with Crippen molar-refractivity contribution in [2.75, 3.05) is 10.7 Å². The van der Waals surface area contributed by atoms with Crippen molar-refractivity contribution in [1.82, 2.24) is 4.68 Å². The number of pyridine rings is 1. The number of para-hydroxylation sites is 2. The minimum absolute atomic E-state index is 0.0256. The maximum Gasteiger partial charge on any atom is 0.286 e. The topological polar surface area (TPSA) is 113 Å². The molecule has 1 fully saturated rings. The van der Waals surface area contributed by atoms with Crippen molar-refractivity contribution in [3.63, 3.8) is 0 Å². The summed E-state index contributed by atoms with van der Waals surface area (Å²) in [7, 11) is -4.03. The van der Waals surface area contributed by atoms with Gasteiger partial charge >= 0.3 is 0 Å². The molecule has 5 rings (SSSR count). The summed E-state index contributed by atoms with van der Waals surface area (Å²) in [5, 5.41) is 14.4. The van der Waals surface area contributed by atoms with Gasteiger partial charge in [-0.15, -0.1) is 4.40 Å². The first-order chi connectivity index (χ1) is 15.7. The summed E-state index contributed by atoms with van der Waals surface area (Å²) in [6.45, 7) is 4.41. The Labute approximate surface area is 192 Å². The summed E-state index contributed by atoms with van der Waals surface area (Å²) < 4.78 is 30.8. The molecule has 1 aliphatic heterocycles. The number of fused-ring (bicyclic) bond motifs is 2. The van der Waals surface area contributed by atoms with Crippen molar-refractivity contribution in [3.05, 3.63) is 64.4 Å². The van der Waals surface area contributed by atoms with Crippen molar-refractivity contribution in [3.8, 4) is 5.75 Å². The average Bonchev–Trinajstić information content (AvgIpc) is 2.76. The smallest absolute Gasteiger partial charge is 0.286 e. The standard InChI is InChI=1S/C24H26N4O4S/c1-14-11-15(2)13-16(12-14)26-28-19-9-5-3-7-17(19)22(29)21(24(28)30)23-25-18-8-4-6-10-20(18)33(31,32)27-23/h3-10,14-16,26,29H,11-13H2,1-2H3,(H,25,27). The third-order valence-corrected chi connectivity index (χ3v) is 7.75. The van der Waals surface area contributed by atoms with Gasteiger partial charge in [-0.3, -0.25) is 4.79 Å². The fourth-order valence-electron chi connectivity index (χ4n) is 5.13. The Morgan fingerprint density at radius 2 is 1.70 bits per heavy atom. The highest BCUT2D eigenvalue weighted by Gasteiger charge is 2.31. The third-order valence-electron chi connectivity index (χ3n) is 6.41. The number of nitrogens with one attached hydrogen (secondary N) is 2. The lowest BCUT2D eigenvalue weighted by molar-refractivity contribution is 0.271. The van der Waals surface area contributed by atoms with Crippen LogP contribution in [0.5, 0.6) is 5.75 Å². The van der Waals surface area contributed by atoms with Gasteiger partial charge in [0, 0.05) is 11.4 Å². The van der Waals surface area contributed by atoms with Gasteiger partial charge in [0.05, 0.1) is 11.2 Å². The van der Waals surface area contributed by atoms with E-state index in [1.54, 1.807) is 42.5 Å². The highest BCUT2D eigenvalue weighted by molar-refractivity contribution is 7.90. The van der Waals surface area contributed by atoms with Gasteiger partial charge in [0.1, 0.15) is 16.2 Å². The molecular formula is C24H26N4O4S. The number of hydrogen-bond donors (Lipinski definition) is 3. The quantitative estimate of drug-likeness (QED) is 0.543. The maximum absolute atomic E-state index is 13.7. The molecular weight excluding hydrogens is 440 g/mol. The summed E-state index contributed by atoms with van der Waals surface area (Å²) >= 11 is 0. The molecule has 2 heterocycles. The number of sulfonamides is 1. The van der Waals surface area contributed by atoms with E-state index >= 15 is 0 Å². The predicted molar refractivity (Wildman–Crippen MR) is 129 cm³/mol. The second-order valence-electron chi connectivity index (χ2n) is 9.16. The molecule has 9 heteroatoms. The zero-order chi connectivity index (χ0) is 23.3. The SMILES string of the molecule is CC1CC(C)CC(Nn2c(=O)c(C3=NS(=O)(=O)c4ccccc4N3)c(O)c3ccccc32)C1. The first kappa shape index (κ1) is 21.5. The van der Waals surface area contributed by atoms with Crippen LogP contribution in [-0.4, -0.2) is 30.1 Å². The van der Waals surface area contributed by atoms with Crippen LogP contribution in [0.1, 0.15) is 38.7 Å². The molecule has 0 radical (unpaired) electrons. The molecule has 0 bridgehead atoms. The molecule has 0 saturated heterocycles. The van der Waals surface area contributed by atoms with Gasteiger partial charge in [-0.05, 0) is 55.4 Å². The molecule has 3 aromatic rings. The Bertz CT molecular complexity index is 1430. The molecule has 2 aromatic carbocycles. The van der Waals surface area contributed by atoms with Crippen LogP contribution >= 0.6 is 0 Å². The van der Waals surface area contributed by atoms with E-state index in [0.717, 1.165) is 19.3 Å². The van der Waals surface area contributed by atoms with Crippen molar-refractivity contribution < 1.29 is 13.5 Å². The van der Waals surface area contributed by atoms with Crippen LogP contribution in [0.25, 0.3) is 10.9 Å². The minimum atomic E-state index is -4.03. The summed E-state index contributed by atoms with van der Waals surface area (Å²) in [5.41, 5.74) is 3.45. The lowest BCUT2D eigenvalue weighted by Gasteiger charge is -2.33.